The molecule has 0 saturated carbocycles. The molecule has 2 N–H and O–H groups in total. The Balaban J connectivity index is 2.12. The molecular weight excluding hydrogens is 290 g/mol. The van der Waals surface area contributed by atoms with Gasteiger partial charge in [0.25, 0.3) is 0 Å². The predicted octanol–water partition coefficient (Wildman–Crippen LogP) is 1.21. The summed E-state index contributed by atoms with van der Waals surface area (Å²) in [6.07, 6.45) is 1.69. The molecule has 1 aromatic rings. The number of carboxylic acids is 1. The molecule has 1 aliphatic rings. The summed E-state index contributed by atoms with van der Waals surface area (Å²) in [6.45, 7) is 2.48. The standard InChI is InChI=1S/C11H15NO5S2/c1-7-10(5-9(18-7)11(13)14)19(15,16)12-6-8-3-2-4-17-8/h5,8,12H,2-4,6H2,1H3,(H,13,14). The highest BCUT2D eigenvalue weighted by molar-refractivity contribution is 7.89. The minimum atomic E-state index is -3.67. The predicted molar refractivity (Wildman–Crippen MR) is 70.2 cm³/mol. The van der Waals surface area contributed by atoms with Crippen LogP contribution in [0.2, 0.25) is 0 Å². The van der Waals surface area contributed by atoms with Crippen molar-refractivity contribution in [1.82, 2.24) is 4.72 Å². The van der Waals surface area contributed by atoms with Crippen molar-refractivity contribution in [3.63, 3.8) is 0 Å². The summed E-state index contributed by atoms with van der Waals surface area (Å²) in [4.78, 5) is 11.4. The largest absolute Gasteiger partial charge is 0.477 e. The molecule has 2 heterocycles. The Morgan fingerprint density at radius 3 is 2.89 bits per heavy atom. The van der Waals surface area contributed by atoms with Gasteiger partial charge < -0.3 is 9.84 Å². The van der Waals surface area contributed by atoms with Gasteiger partial charge in [-0.15, -0.1) is 11.3 Å². The highest BCUT2D eigenvalue weighted by Crippen LogP contribution is 2.25. The van der Waals surface area contributed by atoms with Gasteiger partial charge in [-0.2, -0.15) is 0 Å². The second-order valence-corrected chi connectivity index (χ2v) is 7.31. The summed E-state index contributed by atoms with van der Waals surface area (Å²) in [5.74, 6) is -1.12. The van der Waals surface area contributed by atoms with Gasteiger partial charge in [0.1, 0.15) is 4.88 Å². The highest BCUT2D eigenvalue weighted by atomic mass is 32.2. The van der Waals surface area contributed by atoms with Gasteiger partial charge in [-0.05, 0) is 25.8 Å². The fourth-order valence-electron chi connectivity index (χ4n) is 1.92. The first-order chi connectivity index (χ1) is 8.90. The molecule has 106 valence electrons. The zero-order chi connectivity index (χ0) is 14.0. The molecule has 6 nitrogen and oxygen atoms in total. The van der Waals surface area contributed by atoms with Crippen LogP contribution in [0.25, 0.3) is 0 Å². The molecule has 0 aliphatic carbocycles. The van der Waals surface area contributed by atoms with Gasteiger partial charge in [-0.3, -0.25) is 0 Å². The number of carbonyl (C=O) groups is 1. The van der Waals surface area contributed by atoms with E-state index in [0.717, 1.165) is 24.2 Å². The number of nitrogens with one attached hydrogen (secondary N) is 1. The maximum absolute atomic E-state index is 12.1. The van der Waals surface area contributed by atoms with Gasteiger partial charge in [-0.25, -0.2) is 17.9 Å². The van der Waals surface area contributed by atoms with Crippen LogP contribution in [-0.2, 0) is 14.8 Å². The van der Waals surface area contributed by atoms with E-state index in [9.17, 15) is 13.2 Å². The van der Waals surface area contributed by atoms with Crippen molar-refractivity contribution in [3.8, 4) is 0 Å². The van der Waals surface area contributed by atoms with Crippen LogP contribution < -0.4 is 4.72 Å². The van der Waals surface area contributed by atoms with Gasteiger partial charge in [0, 0.05) is 18.0 Å². The summed E-state index contributed by atoms with van der Waals surface area (Å²) in [5, 5.41) is 8.87. The Bertz CT molecular complexity index is 572. The fraction of sp³-hybridized carbons (Fsp3) is 0.545. The van der Waals surface area contributed by atoms with E-state index in [4.69, 9.17) is 9.84 Å². The fourth-order valence-corrected chi connectivity index (χ4v) is 4.42. The average Bonchev–Trinajstić information content (AvgIpc) is 2.95. The molecular formula is C11H15NO5S2. The molecule has 2 rings (SSSR count). The average molecular weight is 305 g/mol. The smallest absolute Gasteiger partial charge is 0.345 e. The first-order valence-electron chi connectivity index (χ1n) is 5.85. The van der Waals surface area contributed by atoms with E-state index in [0.29, 0.717) is 11.5 Å². The Morgan fingerprint density at radius 1 is 1.63 bits per heavy atom. The lowest BCUT2D eigenvalue weighted by Gasteiger charge is -2.10. The van der Waals surface area contributed by atoms with Crippen molar-refractivity contribution in [2.24, 2.45) is 0 Å². The number of carboxylic acid groups (broad SMARTS) is 1. The third-order valence-electron chi connectivity index (χ3n) is 2.90. The molecule has 8 heteroatoms. The molecule has 1 saturated heterocycles. The molecule has 1 atom stereocenters. The molecule has 1 aromatic heterocycles. The van der Waals surface area contributed by atoms with E-state index >= 15 is 0 Å². The number of aromatic carboxylic acids is 1. The van der Waals surface area contributed by atoms with E-state index in [1.807, 2.05) is 0 Å². The maximum atomic E-state index is 12.1. The van der Waals surface area contributed by atoms with Crippen molar-refractivity contribution in [2.75, 3.05) is 13.2 Å². The molecule has 0 bridgehead atoms. The van der Waals surface area contributed by atoms with E-state index in [1.165, 1.54) is 6.07 Å². The number of rotatable bonds is 5. The van der Waals surface area contributed by atoms with Crippen LogP contribution in [-0.4, -0.2) is 38.7 Å². The van der Waals surface area contributed by atoms with Crippen LogP contribution in [0.1, 0.15) is 27.4 Å². The number of sulfonamides is 1. The van der Waals surface area contributed by atoms with Gasteiger partial charge >= 0.3 is 5.97 Å². The van der Waals surface area contributed by atoms with Crippen LogP contribution in [0.4, 0.5) is 0 Å². The lowest BCUT2D eigenvalue weighted by molar-refractivity contribution is 0.0702. The molecule has 0 radical (unpaired) electrons. The van der Waals surface area contributed by atoms with E-state index < -0.39 is 16.0 Å². The quantitative estimate of drug-likeness (QED) is 0.853. The topological polar surface area (TPSA) is 92.7 Å². The summed E-state index contributed by atoms with van der Waals surface area (Å²) in [7, 11) is -3.67. The summed E-state index contributed by atoms with van der Waals surface area (Å²) in [5.41, 5.74) is 0. The molecule has 0 aromatic carbocycles. The van der Waals surface area contributed by atoms with E-state index in [1.54, 1.807) is 6.92 Å². The molecule has 1 fully saturated rings. The van der Waals surface area contributed by atoms with Crippen LogP contribution in [0, 0.1) is 6.92 Å². The Hall–Kier alpha value is -0.960. The van der Waals surface area contributed by atoms with Crippen LogP contribution in [0.15, 0.2) is 11.0 Å². The van der Waals surface area contributed by atoms with Crippen LogP contribution >= 0.6 is 11.3 Å². The normalized spacial score (nSPS) is 19.7. The first-order valence-corrected chi connectivity index (χ1v) is 8.15. The minimum Gasteiger partial charge on any atom is -0.477 e. The highest BCUT2D eigenvalue weighted by Gasteiger charge is 2.24. The van der Waals surface area contributed by atoms with Gasteiger partial charge in [0.2, 0.25) is 10.0 Å². The van der Waals surface area contributed by atoms with Gasteiger partial charge in [0.15, 0.2) is 0 Å². The molecule has 0 spiro atoms. The molecule has 0 amide bonds. The maximum Gasteiger partial charge on any atom is 0.345 e. The second-order valence-electron chi connectivity index (χ2n) is 4.32. The van der Waals surface area contributed by atoms with Crippen molar-refractivity contribution < 1.29 is 23.1 Å². The second kappa shape index (κ2) is 5.58. The molecule has 1 aliphatic heterocycles. The zero-order valence-corrected chi connectivity index (χ0v) is 12.0. The summed E-state index contributed by atoms with van der Waals surface area (Å²) >= 11 is 0.957. The van der Waals surface area contributed by atoms with Crippen LogP contribution in [0.3, 0.4) is 0 Å². The number of hydrogen-bond acceptors (Lipinski definition) is 5. The third-order valence-corrected chi connectivity index (χ3v) is 5.62. The van der Waals surface area contributed by atoms with Gasteiger partial charge in [-0.1, -0.05) is 0 Å². The lowest BCUT2D eigenvalue weighted by Crippen LogP contribution is -2.31. The number of thiophene rings is 1. The SMILES string of the molecule is Cc1sc(C(=O)O)cc1S(=O)(=O)NCC1CCCO1. The Labute approximate surface area is 115 Å². The van der Waals surface area contributed by atoms with Crippen molar-refractivity contribution in [2.45, 2.75) is 30.8 Å². The van der Waals surface area contributed by atoms with Gasteiger partial charge in [0.05, 0.1) is 11.0 Å². The Kier molecular flexibility index (Phi) is 4.24. The summed E-state index contributed by atoms with van der Waals surface area (Å²) < 4.78 is 32.0. The third kappa shape index (κ3) is 3.33. The lowest BCUT2D eigenvalue weighted by atomic mass is 10.2. The van der Waals surface area contributed by atoms with E-state index in [-0.39, 0.29) is 22.4 Å². The number of aryl methyl sites for hydroxylation is 1. The Morgan fingerprint density at radius 2 is 2.37 bits per heavy atom. The monoisotopic (exact) mass is 305 g/mol. The molecule has 19 heavy (non-hydrogen) atoms. The van der Waals surface area contributed by atoms with Crippen molar-refractivity contribution in [3.05, 3.63) is 15.8 Å². The summed E-state index contributed by atoms with van der Waals surface area (Å²) in [6, 6.07) is 1.19. The number of hydrogen-bond donors (Lipinski definition) is 2. The van der Waals surface area contributed by atoms with E-state index in [2.05, 4.69) is 4.72 Å². The first kappa shape index (κ1) is 14.4. The zero-order valence-electron chi connectivity index (χ0n) is 10.4. The van der Waals surface area contributed by atoms with Crippen molar-refractivity contribution in [1.29, 1.82) is 0 Å². The molecule has 1 unspecified atom stereocenters. The van der Waals surface area contributed by atoms with Crippen molar-refractivity contribution >= 4 is 27.3 Å². The minimum absolute atomic E-state index is 0.0231. The van der Waals surface area contributed by atoms with Crippen LogP contribution in [0.5, 0.6) is 0 Å². The number of ether oxygens (including phenoxy) is 1.